The summed E-state index contributed by atoms with van der Waals surface area (Å²) in [6.07, 6.45) is 3.66. The maximum Gasteiger partial charge on any atom is 0.251 e. The van der Waals surface area contributed by atoms with E-state index in [0.29, 0.717) is 29.1 Å². The number of rotatable bonds is 7. The normalized spacial score (nSPS) is 10.8. The van der Waals surface area contributed by atoms with E-state index in [1.54, 1.807) is 48.8 Å². The number of aromatic nitrogens is 3. The van der Waals surface area contributed by atoms with Crippen LogP contribution in [-0.2, 0) is 13.0 Å². The number of nitrogens with zero attached hydrogens (tertiary/aromatic N) is 3. The molecule has 0 saturated carbocycles. The molecule has 6 nitrogen and oxygen atoms in total. The first-order valence-corrected chi connectivity index (χ1v) is 9.91. The van der Waals surface area contributed by atoms with E-state index < -0.39 is 0 Å². The number of benzene rings is 2. The van der Waals surface area contributed by atoms with Gasteiger partial charge < -0.3 is 9.88 Å². The number of fused-ring (bicyclic) bond motifs is 1. The smallest absolute Gasteiger partial charge is 0.251 e. The van der Waals surface area contributed by atoms with Crippen LogP contribution in [0.5, 0.6) is 0 Å². The topological polar surface area (TPSA) is 76.9 Å². The van der Waals surface area contributed by atoms with Crippen molar-refractivity contribution in [3.63, 3.8) is 0 Å². The lowest BCUT2D eigenvalue weighted by Crippen LogP contribution is -2.26. The highest BCUT2D eigenvalue weighted by atomic mass is 35.5. The summed E-state index contributed by atoms with van der Waals surface area (Å²) in [5.74, 6) is 0.544. The van der Waals surface area contributed by atoms with Crippen LogP contribution in [0.15, 0.2) is 73.1 Å². The molecule has 0 atom stereocenters. The largest absolute Gasteiger partial charge is 0.352 e. The predicted molar refractivity (Wildman–Crippen MR) is 116 cm³/mol. The minimum Gasteiger partial charge on any atom is -0.352 e. The Balaban J connectivity index is 1.52. The number of Topliss-reactive ketones (excluding diaryl/α,β-unsaturated/α-hetero) is 1. The summed E-state index contributed by atoms with van der Waals surface area (Å²) in [5, 5.41) is 3.48. The zero-order valence-corrected chi connectivity index (χ0v) is 16.8. The summed E-state index contributed by atoms with van der Waals surface area (Å²) in [5.41, 5.74) is 2.85. The summed E-state index contributed by atoms with van der Waals surface area (Å²) in [6, 6.07) is 17.9. The predicted octanol–water partition coefficient (Wildman–Crippen LogP) is 3.94. The minimum atomic E-state index is -0.169. The molecular formula is C23H19ClN4O2. The Bertz CT molecular complexity index is 1190. The molecule has 0 saturated heterocycles. The van der Waals surface area contributed by atoms with Crippen LogP contribution < -0.4 is 5.32 Å². The Morgan fingerprint density at radius 1 is 0.933 bits per heavy atom. The van der Waals surface area contributed by atoms with Crippen molar-refractivity contribution in [3.05, 3.63) is 95.0 Å². The molecule has 4 aromatic rings. The number of pyridine rings is 1. The SMILES string of the molecule is O=C(Cn1c(CCNC(=O)c2ccncc2)nc2ccccc21)c1ccc(Cl)cc1. The molecule has 0 radical (unpaired) electrons. The number of imidazole rings is 1. The number of carbonyl (C=O) groups excluding carboxylic acids is 2. The quantitative estimate of drug-likeness (QED) is 0.461. The van der Waals surface area contributed by atoms with Gasteiger partial charge in [0.2, 0.25) is 0 Å². The fourth-order valence-electron chi connectivity index (χ4n) is 3.26. The molecule has 4 rings (SSSR count). The second-order valence-electron chi connectivity index (χ2n) is 6.77. The summed E-state index contributed by atoms with van der Waals surface area (Å²) >= 11 is 5.92. The molecule has 0 unspecified atom stereocenters. The highest BCUT2D eigenvalue weighted by Crippen LogP contribution is 2.18. The Kier molecular flexibility index (Phi) is 5.86. The second kappa shape index (κ2) is 8.88. The molecule has 0 bridgehead atoms. The standard InChI is InChI=1S/C23H19ClN4O2/c24-18-7-5-16(6-8-18)21(29)15-28-20-4-2-1-3-19(20)27-22(28)11-14-26-23(30)17-9-12-25-13-10-17/h1-10,12-13H,11,14-15H2,(H,26,30). The molecule has 2 heterocycles. The molecule has 30 heavy (non-hydrogen) atoms. The van der Waals surface area contributed by atoms with Gasteiger partial charge in [0.25, 0.3) is 5.91 Å². The molecular weight excluding hydrogens is 400 g/mol. The molecule has 0 fully saturated rings. The van der Waals surface area contributed by atoms with Gasteiger partial charge in [-0.2, -0.15) is 0 Å². The Morgan fingerprint density at radius 2 is 1.67 bits per heavy atom. The van der Waals surface area contributed by atoms with Crippen LogP contribution >= 0.6 is 11.6 Å². The van der Waals surface area contributed by atoms with Crippen LogP contribution in [0.4, 0.5) is 0 Å². The van der Waals surface area contributed by atoms with Crippen molar-refractivity contribution < 1.29 is 9.59 Å². The van der Waals surface area contributed by atoms with E-state index >= 15 is 0 Å². The van der Waals surface area contributed by atoms with E-state index in [1.807, 2.05) is 28.8 Å². The van der Waals surface area contributed by atoms with Crippen LogP contribution in [0.2, 0.25) is 5.02 Å². The molecule has 0 aliphatic carbocycles. The molecule has 1 N–H and O–H groups in total. The van der Waals surface area contributed by atoms with E-state index in [9.17, 15) is 9.59 Å². The van der Waals surface area contributed by atoms with Crippen molar-refractivity contribution in [1.29, 1.82) is 0 Å². The van der Waals surface area contributed by atoms with Crippen LogP contribution in [0.25, 0.3) is 11.0 Å². The molecule has 0 aliphatic rings. The lowest BCUT2D eigenvalue weighted by molar-refractivity contribution is 0.0948. The van der Waals surface area contributed by atoms with Crippen LogP contribution in [0, 0.1) is 0 Å². The highest BCUT2D eigenvalue weighted by Gasteiger charge is 2.15. The van der Waals surface area contributed by atoms with Crippen LogP contribution in [-0.4, -0.2) is 32.8 Å². The monoisotopic (exact) mass is 418 g/mol. The third kappa shape index (κ3) is 4.39. The molecule has 150 valence electrons. The maximum absolute atomic E-state index is 12.8. The van der Waals surface area contributed by atoms with E-state index in [4.69, 9.17) is 11.6 Å². The summed E-state index contributed by atoms with van der Waals surface area (Å²) in [4.78, 5) is 33.7. The molecule has 0 spiro atoms. The maximum atomic E-state index is 12.8. The zero-order valence-electron chi connectivity index (χ0n) is 16.1. The summed E-state index contributed by atoms with van der Waals surface area (Å²) in [6.45, 7) is 0.565. The molecule has 2 aromatic heterocycles. The number of para-hydroxylation sites is 2. The minimum absolute atomic E-state index is 0.0307. The number of carbonyl (C=O) groups is 2. The second-order valence-corrected chi connectivity index (χ2v) is 7.21. The van der Waals surface area contributed by atoms with Gasteiger partial charge in [-0.3, -0.25) is 14.6 Å². The summed E-state index contributed by atoms with van der Waals surface area (Å²) < 4.78 is 1.91. The molecule has 0 aliphatic heterocycles. The first kappa shape index (κ1) is 19.8. The lowest BCUT2D eigenvalue weighted by atomic mass is 10.1. The Morgan fingerprint density at radius 3 is 2.43 bits per heavy atom. The van der Waals surface area contributed by atoms with Crippen molar-refractivity contribution in [2.75, 3.05) is 6.54 Å². The van der Waals surface area contributed by atoms with Crippen molar-refractivity contribution in [1.82, 2.24) is 19.9 Å². The Labute approximate surface area is 178 Å². The van der Waals surface area contributed by atoms with E-state index in [1.165, 1.54) is 0 Å². The van der Waals surface area contributed by atoms with Crippen molar-refractivity contribution in [2.45, 2.75) is 13.0 Å². The van der Waals surface area contributed by atoms with E-state index in [-0.39, 0.29) is 18.2 Å². The highest BCUT2D eigenvalue weighted by molar-refractivity contribution is 6.30. The third-order valence-electron chi connectivity index (χ3n) is 4.78. The van der Waals surface area contributed by atoms with Gasteiger partial charge in [0.05, 0.1) is 17.6 Å². The van der Waals surface area contributed by atoms with Crippen LogP contribution in [0.3, 0.4) is 0 Å². The number of nitrogens with one attached hydrogen (secondary N) is 1. The average Bonchev–Trinajstić information content (AvgIpc) is 3.12. The Hall–Kier alpha value is -3.51. The fraction of sp³-hybridized carbons (Fsp3) is 0.130. The van der Waals surface area contributed by atoms with Gasteiger partial charge in [0.15, 0.2) is 5.78 Å². The number of halogens is 1. The fourth-order valence-corrected chi connectivity index (χ4v) is 3.38. The van der Waals surface area contributed by atoms with Gasteiger partial charge in [-0.25, -0.2) is 4.98 Å². The van der Waals surface area contributed by atoms with Gasteiger partial charge >= 0.3 is 0 Å². The van der Waals surface area contributed by atoms with Gasteiger partial charge in [0.1, 0.15) is 5.82 Å². The average molecular weight is 419 g/mol. The summed E-state index contributed by atoms with van der Waals surface area (Å²) in [7, 11) is 0. The van der Waals surface area contributed by atoms with Gasteiger partial charge in [0, 0.05) is 41.5 Å². The lowest BCUT2D eigenvalue weighted by Gasteiger charge is -2.10. The number of hydrogen-bond acceptors (Lipinski definition) is 4. The van der Waals surface area contributed by atoms with Gasteiger partial charge in [-0.1, -0.05) is 23.7 Å². The number of amides is 1. The first-order chi connectivity index (χ1) is 14.6. The molecule has 7 heteroatoms. The van der Waals surface area contributed by atoms with Crippen molar-refractivity contribution in [3.8, 4) is 0 Å². The van der Waals surface area contributed by atoms with Crippen molar-refractivity contribution >= 4 is 34.3 Å². The van der Waals surface area contributed by atoms with Gasteiger partial charge in [-0.05, 0) is 48.5 Å². The number of ketones is 1. The first-order valence-electron chi connectivity index (χ1n) is 9.53. The van der Waals surface area contributed by atoms with Crippen LogP contribution in [0.1, 0.15) is 26.5 Å². The van der Waals surface area contributed by atoms with Gasteiger partial charge in [-0.15, -0.1) is 0 Å². The third-order valence-corrected chi connectivity index (χ3v) is 5.03. The van der Waals surface area contributed by atoms with E-state index in [0.717, 1.165) is 16.9 Å². The molecule has 1 amide bonds. The number of hydrogen-bond donors (Lipinski definition) is 1. The van der Waals surface area contributed by atoms with E-state index in [2.05, 4.69) is 15.3 Å². The molecule has 2 aromatic carbocycles. The zero-order chi connectivity index (χ0) is 20.9. The van der Waals surface area contributed by atoms with Crippen molar-refractivity contribution in [2.24, 2.45) is 0 Å².